The van der Waals surface area contributed by atoms with Crippen molar-refractivity contribution >= 4 is 18.3 Å². The normalized spacial score (nSPS) is 11.7. The topological polar surface area (TPSA) is 50.4 Å². The zero-order valence-corrected chi connectivity index (χ0v) is 14.8. The van der Waals surface area contributed by atoms with Gasteiger partial charge in [0, 0.05) is 18.2 Å². The predicted molar refractivity (Wildman–Crippen MR) is 94.1 cm³/mol. The molecule has 0 aromatic heterocycles. The van der Waals surface area contributed by atoms with Gasteiger partial charge in [-0.3, -0.25) is 4.79 Å². The van der Waals surface area contributed by atoms with Gasteiger partial charge in [0.05, 0.1) is 6.61 Å². The number of amides is 1. The fraction of sp³-hybridized carbons (Fsp3) is 0.588. The van der Waals surface area contributed by atoms with E-state index < -0.39 is 0 Å². The number of carbonyl (C=O) groups excluding carboxylic acids is 1. The third-order valence-electron chi connectivity index (χ3n) is 3.20. The molecule has 1 aromatic carbocycles. The lowest BCUT2D eigenvalue weighted by Crippen LogP contribution is -2.38. The van der Waals surface area contributed by atoms with Crippen molar-refractivity contribution in [3.63, 3.8) is 0 Å². The van der Waals surface area contributed by atoms with E-state index in [0.29, 0.717) is 24.6 Å². The van der Waals surface area contributed by atoms with Crippen LogP contribution in [0.4, 0.5) is 0 Å². The van der Waals surface area contributed by atoms with Gasteiger partial charge in [-0.15, -0.1) is 12.4 Å². The Balaban J connectivity index is 0.00000441. The number of nitrogens with one attached hydrogen (secondary N) is 2. The number of carbonyl (C=O) groups is 1. The number of benzene rings is 1. The van der Waals surface area contributed by atoms with Crippen molar-refractivity contribution < 1.29 is 9.53 Å². The Morgan fingerprint density at radius 1 is 1.18 bits per heavy atom. The van der Waals surface area contributed by atoms with Crippen molar-refractivity contribution in [1.29, 1.82) is 0 Å². The molecule has 0 fully saturated rings. The summed E-state index contributed by atoms with van der Waals surface area (Å²) in [6.45, 7) is 10.7. The van der Waals surface area contributed by atoms with Crippen LogP contribution in [0.3, 0.4) is 0 Å². The zero-order valence-electron chi connectivity index (χ0n) is 14.0. The van der Waals surface area contributed by atoms with E-state index in [0.717, 1.165) is 18.7 Å². The number of rotatable bonds is 9. The lowest BCUT2D eigenvalue weighted by atomic mass is 10.1. The summed E-state index contributed by atoms with van der Waals surface area (Å²) in [4.78, 5) is 12.0. The van der Waals surface area contributed by atoms with Crippen molar-refractivity contribution in [3.05, 3.63) is 29.8 Å². The zero-order chi connectivity index (χ0) is 15.7. The second-order valence-corrected chi connectivity index (χ2v) is 5.72. The van der Waals surface area contributed by atoms with Crippen LogP contribution in [0, 0.1) is 5.92 Å². The molecule has 0 heterocycles. The number of likely N-dealkylation sites (N-methyl/N-ethyl adjacent to an activating group) is 1. The van der Waals surface area contributed by atoms with E-state index in [1.807, 2.05) is 12.1 Å². The molecule has 0 saturated heterocycles. The summed E-state index contributed by atoms with van der Waals surface area (Å²) in [7, 11) is 0. The SMILES string of the molecule is CCN[C@H](C)CNC(=O)c1ccc(OCCC(C)C)cc1.Cl. The number of hydrogen-bond acceptors (Lipinski definition) is 3. The van der Waals surface area contributed by atoms with Crippen LogP contribution in [-0.2, 0) is 0 Å². The van der Waals surface area contributed by atoms with Crippen LogP contribution in [0.5, 0.6) is 5.75 Å². The van der Waals surface area contributed by atoms with Gasteiger partial charge in [-0.2, -0.15) is 0 Å². The first-order valence-electron chi connectivity index (χ1n) is 7.77. The van der Waals surface area contributed by atoms with Gasteiger partial charge in [0.2, 0.25) is 0 Å². The Labute approximate surface area is 140 Å². The Morgan fingerprint density at radius 3 is 2.36 bits per heavy atom. The first-order valence-corrected chi connectivity index (χ1v) is 7.77. The van der Waals surface area contributed by atoms with Gasteiger partial charge in [0.25, 0.3) is 5.91 Å². The third-order valence-corrected chi connectivity index (χ3v) is 3.20. The molecule has 5 heteroatoms. The van der Waals surface area contributed by atoms with Crippen LogP contribution in [0.15, 0.2) is 24.3 Å². The number of ether oxygens (including phenoxy) is 1. The van der Waals surface area contributed by atoms with Gasteiger partial charge in [-0.25, -0.2) is 0 Å². The summed E-state index contributed by atoms with van der Waals surface area (Å²) in [5, 5.41) is 6.18. The molecule has 0 saturated carbocycles. The van der Waals surface area contributed by atoms with Crippen LogP contribution < -0.4 is 15.4 Å². The summed E-state index contributed by atoms with van der Waals surface area (Å²) >= 11 is 0. The molecule has 1 amide bonds. The molecule has 22 heavy (non-hydrogen) atoms. The second-order valence-electron chi connectivity index (χ2n) is 5.72. The quantitative estimate of drug-likeness (QED) is 0.731. The molecule has 4 nitrogen and oxygen atoms in total. The minimum absolute atomic E-state index is 0. The molecule has 0 unspecified atom stereocenters. The molecule has 0 spiro atoms. The van der Waals surface area contributed by atoms with Crippen molar-refractivity contribution in [1.82, 2.24) is 10.6 Å². The highest BCUT2D eigenvalue weighted by molar-refractivity contribution is 5.94. The number of halogens is 1. The highest BCUT2D eigenvalue weighted by Gasteiger charge is 2.07. The average molecular weight is 329 g/mol. The molecule has 126 valence electrons. The molecule has 0 aliphatic rings. The second kappa shape index (κ2) is 11.3. The summed E-state index contributed by atoms with van der Waals surface area (Å²) in [6, 6.07) is 7.58. The lowest BCUT2D eigenvalue weighted by molar-refractivity contribution is 0.0950. The van der Waals surface area contributed by atoms with E-state index >= 15 is 0 Å². The molecule has 1 aromatic rings. The summed E-state index contributed by atoms with van der Waals surface area (Å²) in [6.07, 6.45) is 1.03. The van der Waals surface area contributed by atoms with Crippen LogP contribution in [0.1, 0.15) is 44.5 Å². The molecule has 0 aliphatic heterocycles. The largest absolute Gasteiger partial charge is 0.494 e. The Kier molecular flexibility index (Phi) is 10.7. The average Bonchev–Trinajstić information content (AvgIpc) is 2.45. The fourth-order valence-electron chi connectivity index (χ4n) is 1.88. The first-order chi connectivity index (χ1) is 10.0. The summed E-state index contributed by atoms with van der Waals surface area (Å²) < 4.78 is 5.64. The molecule has 0 radical (unpaired) electrons. The molecular weight excluding hydrogens is 300 g/mol. The van der Waals surface area contributed by atoms with Crippen molar-refractivity contribution in [2.24, 2.45) is 5.92 Å². The maximum atomic E-state index is 12.0. The molecule has 0 bridgehead atoms. The summed E-state index contributed by atoms with van der Waals surface area (Å²) in [5.41, 5.74) is 0.662. The molecule has 2 N–H and O–H groups in total. The smallest absolute Gasteiger partial charge is 0.251 e. The third kappa shape index (κ3) is 8.25. The molecular formula is C17H29ClN2O2. The van der Waals surface area contributed by atoms with Crippen LogP contribution in [0.25, 0.3) is 0 Å². The van der Waals surface area contributed by atoms with E-state index in [2.05, 4.69) is 38.3 Å². The van der Waals surface area contributed by atoms with Gasteiger partial charge in [0.15, 0.2) is 0 Å². The van der Waals surface area contributed by atoms with Crippen molar-refractivity contribution in [3.8, 4) is 5.75 Å². The summed E-state index contributed by atoms with van der Waals surface area (Å²) in [5.74, 6) is 1.40. The highest BCUT2D eigenvalue weighted by atomic mass is 35.5. The molecule has 0 aliphatic carbocycles. The van der Waals surface area contributed by atoms with Gasteiger partial charge >= 0.3 is 0 Å². The first kappa shape index (κ1) is 20.7. The molecule has 1 rings (SSSR count). The van der Waals surface area contributed by atoms with Crippen LogP contribution in [-0.4, -0.2) is 31.6 Å². The Hall–Kier alpha value is -1.26. The monoisotopic (exact) mass is 328 g/mol. The van der Waals surface area contributed by atoms with Crippen molar-refractivity contribution in [2.75, 3.05) is 19.7 Å². The maximum absolute atomic E-state index is 12.0. The minimum atomic E-state index is -0.0477. The van der Waals surface area contributed by atoms with E-state index in [9.17, 15) is 4.79 Å². The van der Waals surface area contributed by atoms with Crippen LogP contribution in [0.2, 0.25) is 0 Å². The van der Waals surface area contributed by atoms with Gasteiger partial charge in [-0.05, 0) is 50.1 Å². The fourth-order valence-corrected chi connectivity index (χ4v) is 1.88. The van der Waals surface area contributed by atoms with Crippen molar-refractivity contribution in [2.45, 2.75) is 40.2 Å². The predicted octanol–water partition coefficient (Wildman–Crippen LogP) is 3.26. The Bertz CT molecular complexity index is 421. The van der Waals surface area contributed by atoms with E-state index in [1.165, 1.54) is 0 Å². The number of hydrogen-bond donors (Lipinski definition) is 2. The highest BCUT2D eigenvalue weighted by Crippen LogP contribution is 2.13. The van der Waals surface area contributed by atoms with E-state index in [1.54, 1.807) is 12.1 Å². The maximum Gasteiger partial charge on any atom is 0.251 e. The molecule has 1 atom stereocenters. The van der Waals surface area contributed by atoms with Gasteiger partial charge in [-0.1, -0.05) is 20.8 Å². The van der Waals surface area contributed by atoms with Crippen LogP contribution >= 0.6 is 12.4 Å². The van der Waals surface area contributed by atoms with E-state index in [4.69, 9.17) is 4.74 Å². The van der Waals surface area contributed by atoms with Gasteiger partial charge < -0.3 is 15.4 Å². The van der Waals surface area contributed by atoms with E-state index in [-0.39, 0.29) is 24.4 Å². The lowest BCUT2D eigenvalue weighted by Gasteiger charge is -2.13. The standard InChI is InChI=1S/C17H28N2O2.ClH/c1-5-18-14(4)12-19-17(20)15-6-8-16(9-7-15)21-11-10-13(2)3;/h6-9,13-14,18H,5,10-12H2,1-4H3,(H,19,20);1H/t14-;/m1./s1. The minimum Gasteiger partial charge on any atom is -0.494 e. The van der Waals surface area contributed by atoms with Gasteiger partial charge in [0.1, 0.15) is 5.75 Å². The Morgan fingerprint density at radius 2 is 1.82 bits per heavy atom.